The largest absolute Gasteiger partial charge is 0.465 e. The lowest BCUT2D eigenvalue weighted by atomic mass is 9.77. The van der Waals surface area contributed by atoms with Gasteiger partial charge in [0, 0.05) is 5.92 Å². The molecule has 0 aliphatic rings. The third-order valence-electron chi connectivity index (χ3n) is 3.66. The Labute approximate surface area is 152 Å². The van der Waals surface area contributed by atoms with Crippen LogP contribution in [0.4, 0.5) is 0 Å². The number of esters is 3. The second-order valence-electron chi connectivity index (χ2n) is 5.28. The highest BCUT2D eigenvalue weighted by Gasteiger charge is 2.46. The Balaban J connectivity index is 3.47. The molecule has 0 saturated carbocycles. The number of carbonyl (C=O) groups excluding carboxylic acids is 3. The van der Waals surface area contributed by atoms with Gasteiger partial charge in [-0.15, -0.1) is 0 Å². The molecule has 2 atom stereocenters. The fourth-order valence-corrected chi connectivity index (χ4v) is 2.62. The van der Waals surface area contributed by atoms with Crippen LogP contribution in [0.1, 0.15) is 32.3 Å². The molecule has 0 bridgehead atoms. The Morgan fingerprint density at radius 2 is 1.35 bits per heavy atom. The Morgan fingerprint density at radius 1 is 0.885 bits per heavy atom. The molecule has 1 rings (SSSR count). The van der Waals surface area contributed by atoms with E-state index < -0.39 is 35.7 Å². The Kier molecular flexibility index (Phi) is 8.85. The zero-order valence-corrected chi connectivity index (χ0v) is 15.1. The van der Waals surface area contributed by atoms with Crippen molar-refractivity contribution < 1.29 is 28.6 Å². The molecule has 0 N–H and O–H groups in total. The first kappa shape index (κ1) is 21.2. The summed E-state index contributed by atoms with van der Waals surface area (Å²) in [6.07, 6.45) is 0. The summed E-state index contributed by atoms with van der Waals surface area (Å²) in [4.78, 5) is 37.3. The van der Waals surface area contributed by atoms with Crippen LogP contribution in [0.5, 0.6) is 0 Å². The number of hydrogen-bond donors (Lipinski definition) is 0. The van der Waals surface area contributed by atoms with Crippen molar-refractivity contribution in [1.29, 1.82) is 5.26 Å². The highest BCUT2D eigenvalue weighted by Crippen LogP contribution is 2.35. The molecule has 0 fully saturated rings. The monoisotopic (exact) mass is 361 g/mol. The minimum Gasteiger partial charge on any atom is -0.465 e. The molecule has 0 amide bonds. The Morgan fingerprint density at radius 3 is 1.77 bits per heavy atom. The summed E-state index contributed by atoms with van der Waals surface area (Å²) in [6.45, 7) is 4.98. The Hall–Kier alpha value is -2.88. The maximum Gasteiger partial charge on any atom is 0.324 e. The van der Waals surface area contributed by atoms with Crippen molar-refractivity contribution in [2.45, 2.75) is 26.7 Å². The van der Waals surface area contributed by atoms with Crippen LogP contribution in [0.3, 0.4) is 0 Å². The van der Waals surface area contributed by atoms with E-state index in [4.69, 9.17) is 14.2 Å². The molecule has 0 aromatic heterocycles. The smallest absolute Gasteiger partial charge is 0.324 e. The highest BCUT2D eigenvalue weighted by atomic mass is 16.6. The summed E-state index contributed by atoms with van der Waals surface area (Å²) in [6, 6.07) is 10.3. The van der Waals surface area contributed by atoms with Crippen molar-refractivity contribution in [3.8, 4) is 6.07 Å². The van der Waals surface area contributed by atoms with Crippen LogP contribution >= 0.6 is 0 Å². The lowest BCUT2D eigenvalue weighted by molar-refractivity contribution is -0.164. The molecular formula is C19H23NO6. The summed E-state index contributed by atoms with van der Waals surface area (Å²) in [5, 5.41) is 9.57. The molecule has 0 spiro atoms. The van der Waals surface area contributed by atoms with Crippen LogP contribution < -0.4 is 0 Å². The van der Waals surface area contributed by atoms with Crippen molar-refractivity contribution in [3.63, 3.8) is 0 Å². The van der Waals surface area contributed by atoms with E-state index in [9.17, 15) is 19.6 Å². The summed E-state index contributed by atoms with van der Waals surface area (Å²) < 4.78 is 15.0. The number of nitrogens with zero attached hydrogens (tertiary/aromatic N) is 1. The van der Waals surface area contributed by atoms with E-state index in [1.54, 1.807) is 51.1 Å². The number of rotatable bonds is 9. The van der Waals surface area contributed by atoms with Crippen LogP contribution in [0.25, 0.3) is 0 Å². The maximum atomic E-state index is 12.5. The highest BCUT2D eigenvalue weighted by molar-refractivity contribution is 5.97. The average molecular weight is 361 g/mol. The zero-order chi connectivity index (χ0) is 19.5. The molecule has 0 unspecified atom stereocenters. The topological polar surface area (TPSA) is 103 Å². The first-order valence-electron chi connectivity index (χ1n) is 8.46. The van der Waals surface area contributed by atoms with Crippen LogP contribution in [-0.4, -0.2) is 37.7 Å². The van der Waals surface area contributed by atoms with Crippen molar-refractivity contribution in [1.82, 2.24) is 0 Å². The predicted octanol–water partition coefficient (Wildman–Crippen LogP) is 2.22. The van der Waals surface area contributed by atoms with Crippen molar-refractivity contribution in [2.24, 2.45) is 11.8 Å². The number of benzene rings is 1. The Bertz CT molecular complexity index is 634. The normalized spacial score (nSPS) is 12.6. The fourth-order valence-electron chi connectivity index (χ4n) is 2.62. The van der Waals surface area contributed by atoms with Gasteiger partial charge in [-0.3, -0.25) is 14.4 Å². The molecule has 7 nitrogen and oxygen atoms in total. The van der Waals surface area contributed by atoms with Crippen LogP contribution in [-0.2, 0) is 28.6 Å². The van der Waals surface area contributed by atoms with E-state index in [1.165, 1.54) is 0 Å². The summed E-state index contributed by atoms with van der Waals surface area (Å²) >= 11 is 0. The van der Waals surface area contributed by atoms with Crippen molar-refractivity contribution >= 4 is 17.9 Å². The maximum absolute atomic E-state index is 12.5. The van der Waals surface area contributed by atoms with Gasteiger partial charge in [-0.2, -0.15) is 5.26 Å². The molecule has 0 radical (unpaired) electrons. The third-order valence-corrected chi connectivity index (χ3v) is 3.66. The molecule has 1 aromatic carbocycles. The second-order valence-corrected chi connectivity index (χ2v) is 5.28. The second kappa shape index (κ2) is 10.9. The van der Waals surface area contributed by atoms with Crippen molar-refractivity contribution in [3.05, 3.63) is 35.9 Å². The molecule has 1 aromatic rings. The molecule has 0 heterocycles. The lowest BCUT2D eigenvalue weighted by Gasteiger charge is -2.27. The predicted molar refractivity (Wildman–Crippen MR) is 91.7 cm³/mol. The SMILES string of the molecule is CCOC(=O)C(C(=O)OCC)[C@@H](c1ccccc1)[C@H](C#N)C(=O)OCC. The standard InChI is InChI=1S/C19H23NO6/c1-4-24-17(21)14(12-20)15(13-10-8-7-9-11-13)16(18(22)25-5-2)19(23)26-6-3/h7-11,14-16H,4-6H2,1-3H3/t14-,15-/m0/s1. The van der Waals surface area contributed by atoms with E-state index in [1.807, 2.05) is 6.07 Å². The van der Waals surface area contributed by atoms with Gasteiger partial charge in [0.2, 0.25) is 0 Å². The number of hydrogen-bond acceptors (Lipinski definition) is 7. The first-order valence-corrected chi connectivity index (χ1v) is 8.46. The fraction of sp³-hybridized carbons (Fsp3) is 0.474. The van der Waals surface area contributed by atoms with Gasteiger partial charge < -0.3 is 14.2 Å². The first-order chi connectivity index (χ1) is 12.5. The van der Waals surface area contributed by atoms with E-state index in [2.05, 4.69) is 0 Å². The lowest BCUT2D eigenvalue weighted by Crippen LogP contribution is -2.39. The van der Waals surface area contributed by atoms with Gasteiger partial charge in [-0.05, 0) is 26.3 Å². The third kappa shape index (κ3) is 5.31. The average Bonchev–Trinajstić information content (AvgIpc) is 2.63. The molecule has 26 heavy (non-hydrogen) atoms. The van der Waals surface area contributed by atoms with Gasteiger partial charge in [0.25, 0.3) is 0 Å². The van der Waals surface area contributed by atoms with E-state index in [0.717, 1.165) is 0 Å². The summed E-state index contributed by atoms with van der Waals surface area (Å²) in [5.74, 6) is -6.39. The quantitative estimate of drug-likeness (QED) is 0.377. The molecule has 7 heteroatoms. The minimum absolute atomic E-state index is 0.0485. The number of carbonyl (C=O) groups is 3. The zero-order valence-electron chi connectivity index (χ0n) is 15.1. The van der Waals surface area contributed by atoms with Gasteiger partial charge in [0.1, 0.15) is 0 Å². The molecular weight excluding hydrogens is 338 g/mol. The van der Waals surface area contributed by atoms with Gasteiger partial charge >= 0.3 is 17.9 Å². The number of ether oxygens (including phenoxy) is 3. The van der Waals surface area contributed by atoms with Gasteiger partial charge in [0.15, 0.2) is 11.8 Å². The van der Waals surface area contributed by atoms with Crippen LogP contribution in [0, 0.1) is 23.2 Å². The number of nitriles is 1. The van der Waals surface area contributed by atoms with Gasteiger partial charge in [-0.25, -0.2) is 0 Å². The van der Waals surface area contributed by atoms with E-state index in [0.29, 0.717) is 5.56 Å². The molecule has 140 valence electrons. The van der Waals surface area contributed by atoms with Gasteiger partial charge in [-0.1, -0.05) is 30.3 Å². The summed E-state index contributed by atoms with van der Waals surface area (Å²) in [5.41, 5.74) is 0.471. The van der Waals surface area contributed by atoms with E-state index in [-0.39, 0.29) is 19.8 Å². The van der Waals surface area contributed by atoms with Crippen LogP contribution in [0.15, 0.2) is 30.3 Å². The van der Waals surface area contributed by atoms with Crippen molar-refractivity contribution in [2.75, 3.05) is 19.8 Å². The molecule has 0 aliphatic carbocycles. The van der Waals surface area contributed by atoms with E-state index >= 15 is 0 Å². The van der Waals surface area contributed by atoms with Gasteiger partial charge in [0.05, 0.1) is 25.9 Å². The van der Waals surface area contributed by atoms with Crippen LogP contribution in [0.2, 0.25) is 0 Å². The molecule has 0 saturated heterocycles. The molecule has 0 aliphatic heterocycles. The minimum atomic E-state index is -1.45. The summed E-state index contributed by atoms with van der Waals surface area (Å²) in [7, 11) is 0.